The Morgan fingerprint density at radius 1 is 1.27 bits per heavy atom. The van der Waals surface area contributed by atoms with Crippen molar-refractivity contribution in [3.05, 3.63) is 23.6 Å². The van der Waals surface area contributed by atoms with Gasteiger partial charge in [-0.05, 0) is 39.1 Å². The van der Waals surface area contributed by atoms with Crippen molar-refractivity contribution in [2.24, 2.45) is 0 Å². The molecule has 0 radical (unpaired) electrons. The van der Waals surface area contributed by atoms with Gasteiger partial charge in [0.15, 0.2) is 17.9 Å². The third-order valence-electron chi connectivity index (χ3n) is 4.88. The topological polar surface area (TPSA) is 39.7 Å². The molecule has 0 spiro atoms. The number of hydrogen-bond donors (Lipinski definition) is 0. The number of carbonyl (C=O) groups excluding carboxylic acids is 1. The Morgan fingerprint density at radius 2 is 1.95 bits per heavy atom. The van der Waals surface area contributed by atoms with Gasteiger partial charge in [-0.25, -0.2) is 9.37 Å². The van der Waals surface area contributed by atoms with Gasteiger partial charge in [0, 0.05) is 38.3 Å². The number of carbonyl (C=O) groups is 1. The van der Waals surface area contributed by atoms with Crippen LogP contribution in [0.1, 0.15) is 23.3 Å². The van der Waals surface area contributed by atoms with Crippen molar-refractivity contribution < 1.29 is 9.18 Å². The summed E-state index contributed by atoms with van der Waals surface area (Å²) in [6.45, 7) is 3.79. The zero-order valence-electron chi connectivity index (χ0n) is 13.2. The third-order valence-corrected chi connectivity index (χ3v) is 4.88. The van der Waals surface area contributed by atoms with Gasteiger partial charge in [0.2, 0.25) is 0 Å². The lowest BCUT2D eigenvalue weighted by Crippen LogP contribution is -2.62. The van der Waals surface area contributed by atoms with Crippen LogP contribution in [0.3, 0.4) is 0 Å². The highest BCUT2D eigenvalue weighted by atomic mass is 19.1. The van der Waals surface area contributed by atoms with E-state index >= 15 is 0 Å². The number of nitrogens with zero attached hydrogens (tertiary/aromatic N) is 4. The number of piperidine rings is 1. The maximum Gasteiger partial charge on any atom is 0.168 e. The summed E-state index contributed by atoms with van der Waals surface area (Å²) in [5.74, 6) is -0.0422. The summed E-state index contributed by atoms with van der Waals surface area (Å²) in [5, 5.41) is 0. The molecule has 120 valence electrons. The number of pyridine rings is 1. The van der Waals surface area contributed by atoms with Crippen LogP contribution in [0.5, 0.6) is 0 Å². The van der Waals surface area contributed by atoms with Gasteiger partial charge in [-0.15, -0.1) is 0 Å². The van der Waals surface area contributed by atoms with Gasteiger partial charge >= 0.3 is 0 Å². The number of rotatable bonds is 4. The number of aromatic nitrogens is 1. The highest BCUT2D eigenvalue weighted by Crippen LogP contribution is 2.27. The fraction of sp³-hybridized carbons (Fsp3) is 0.625. The number of hydrogen-bond acceptors (Lipinski definition) is 5. The van der Waals surface area contributed by atoms with E-state index in [0.29, 0.717) is 24.2 Å². The van der Waals surface area contributed by atoms with Crippen molar-refractivity contribution in [2.45, 2.75) is 24.9 Å². The zero-order chi connectivity index (χ0) is 15.7. The molecule has 6 heteroatoms. The molecule has 1 aromatic rings. The molecule has 0 amide bonds. The second kappa shape index (κ2) is 6.30. The monoisotopic (exact) mass is 306 g/mol. The first-order valence-corrected chi connectivity index (χ1v) is 7.85. The van der Waals surface area contributed by atoms with E-state index in [1.807, 2.05) is 4.90 Å². The first kappa shape index (κ1) is 15.4. The van der Waals surface area contributed by atoms with Crippen molar-refractivity contribution in [2.75, 3.05) is 45.2 Å². The molecule has 0 aliphatic carbocycles. The highest BCUT2D eigenvalue weighted by Gasteiger charge is 2.35. The van der Waals surface area contributed by atoms with Crippen LogP contribution < -0.4 is 4.90 Å². The third kappa shape index (κ3) is 2.98. The molecule has 3 heterocycles. The second-order valence-corrected chi connectivity index (χ2v) is 6.45. The molecular weight excluding hydrogens is 283 g/mol. The normalized spacial score (nSPS) is 21.2. The smallest absolute Gasteiger partial charge is 0.168 e. The molecule has 2 fully saturated rings. The van der Waals surface area contributed by atoms with E-state index in [0.717, 1.165) is 26.2 Å². The summed E-state index contributed by atoms with van der Waals surface area (Å²) in [5.41, 5.74) is 0.284. The lowest BCUT2D eigenvalue weighted by Gasteiger charge is -2.48. The van der Waals surface area contributed by atoms with Crippen molar-refractivity contribution in [1.82, 2.24) is 14.8 Å². The molecule has 3 rings (SSSR count). The number of likely N-dealkylation sites (tertiary alicyclic amines) is 1. The summed E-state index contributed by atoms with van der Waals surface area (Å²) in [7, 11) is 4.28. The van der Waals surface area contributed by atoms with Crippen LogP contribution in [0.15, 0.2) is 12.1 Å². The summed E-state index contributed by atoms with van der Waals surface area (Å²) in [6.07, 6.45) is 3.04. The summed E-state index contributed by atoms with van der Waals surface area (Å²) in [4.78, 5) is 21.6. The molecule has 22 heavy (non-hydrogen) atoms. The fourth-order valence-electron chi connectivity index (χ4n) is 3.36. The Bertz CT molecular complexity index is 537. The molecule has 0 unspecified atom stereocenters. The molecule has 2 aliphatic rings. The SMILES string of the molecule is CN(C)C1CCN(C2CN(c3nc(C=O)ccc3F)C2)CC1. The molecule has 5 nitrogen and oxygen atoms in total. The van der Waals surface area contributed by atoms with Crippen LogP contribution in [0, 0.1) is 5.82 Å². The summed E-state index contributed by atoms with van der Waals surface area (Å²) >= 11 is 0. The van der Waals surface area contributed by atoms with Gasteiger partial charge < -0.3 is 9.80 Å². The van der Waals surface area contributed by atoms with Crippen molar-refractivity contribution in [1.29, 1.82) is 0 Å². The predicted molar refractivity (Wildman–Crippen MR) is 83.9 cm³/mol. The van der Waals surface area contributed by atoms with E-state index in [1.165, 1.54) is 25.0 Å². The maximum atomic E-state index is 13.8. The van der Waals surface area contributed by atoms with Crippen LogP contribution in [0.2, 0.25) is 0 Å². The molecule has 0 bridgehead atoms. The van der Waals surface area contributed by atoms with Crippen molar-refractivity contribution >= 4 is 12.1 Å². The minimum Gasteiger partial charge on any atom is -0.351 e. The largest absolute Gasteiger partial charge is 0.351 e. The Hall–Kier alpha value is -1.53. The standard InChI is InChI=1S/C16H23FN4O/c1-19(2)13-5-7-20(8-6-13)14-9-21(10-14)16-15(17)4-3-12(11-22)18-16/h3-4,11,13-14H,5-10H2,1-2H3. The van der Waals surface area contributed by atoms with Gasteiger partial charge in [-0.3, -0.25) is 9.69 Å². The second-order valence-electron chi connectivity index (χ2n) is 6.45. The molecule has 2 saturated heterocycles. The Labute approximate surface area is 130 Å². The predicted octanol–water partition coefficient (Wildman–Crippen LogP) is 1.25. The summed E-state index contributed by atoms with van der Waals surface area (Å²) < 4.78 is 13.8. The molecule has 0 atom stereocenters. The van der Waals surface area contributed by atoms with E-state index in [2.05, 4.69) is 28.9 Å². The van der Waals surface area contributed by atoms with Gasteiger partial charge in [0.25, 0.3) is 0 Å². The van der Waals surface area contributed by atoms with Gasteiger partial charge in [0.1, 0.15) is 5.69 Å². The van der Waals surface area contributed by atoms with Crippen LogP contribution >= 0.6 is 0 Å². The number of halogens is 1. The maximum absolute atomic E-state index is 13.8. The minimum atomic E-state index is -0.352. The average Bonchev–Trinajstić information content (AvgIpc) is 2.48. The quantitative estimate of drug-likeness (QED) is 0.783. The molecule has 0 saturated carbocycles. The molecule has 0 N–H and O–H groups in total. The van der Waals surface area contributed by atoms with Crippen molar-refractivity contribution in [3.63, 3.8) is 0 Å². The lowest BCUT2D eigenvalue weighted by atomic mass is 9.99. The Kier molecular flexibility index (Phi) is 4.40. The van der Waals surface area contributed by atoms with Crippen molar-refractivity contribution in [3.8, 4) is 0 Å². The van der Waals surface area contributed by atoms with Crippen LogP contribution in [-0.2, 0) is 0 Å². The molecule has 1 aromatic heterocycles. The van der Waals surface area contributed by atoms with Gasteiger partial charge in [-0.2, -0.15) is 0 Å². The fourth-order valence-corrected chi connectivity index (χ4v) is 3.36. The van der Waals surface area contributed by atoms with E-state index in [-0.39, 0.29) is 11.5 Å². The zero-order valence-corrected chi connectivity index (χ0v) is 13.2. The summed E-state index contributed by atoms with van der Waals surface area (Å²) in [6, 6.07) is 3.89. The minimum absolute atomic E-state index is 0.284. The van der Waals surface area contributed by atoms with E-state index in [4.69, 9.17) is 0 Å². The van der Waals surface area contributed by atoms with E-state index in [9.17, 15) is 9.18 Å². The number of aldehydes is 1. The van der Waals surface area contributed by atoms with Crippen LogP contribution in [-0.4, -0.2) is 73.4 Å². The molecular formula is C16H23FN4O. The lowest BCUT2D eigenvalue weighted by molar-refractivity contribution is 0.0938. The van der Waals surface area contributed by atoms with E-state index < -0.39 is 0 Å². The molecule has 2 aliphatic heterocycles. The Morgan fingerprint density at radius 3 is 2.55 bits per heavy atom. The first-order valence-electron chi connectivity index (χ1n) is 7.85. The van der Waals surface area contributed by atoms with Gasteiger partial charge in [-0.1, -0.05) is 0 Å². The number of anilines is 1. The highest BCUT2D eigenvalue weighted by molar-refractivity contribution is 5.72. The molecule has 0 aromatic carbocycles. The average molecular weight is 306 g/mol. The van der Waals surface area contributed by atoms with E-state index in [1.54, 1.807) is 0 Å². The van der Waals surface area contributed by atoms with Crippen LogP contribution in [0.4, 0.5) is 10.2 Å². The Balaban J connectivity index is 1.55. The van der Waals surface area contributed by atoms with Crippen LogP contribution in [0.25, 0.3) is 0 Å². The van der Waals surface area contributed by atoms with Gasteiger partial charge in [0.05, 0.1) is 0 Å². The first-order chi connectivity index (χ1) is 10.6.